The Kier molecular flexibility index (Phi) is 4.25. The summed E-state index contributed by atoms with van der Waals surface area (Å²) in [6.07, 6.45) is -3.59. The van der Waals surface area contributed by atoms with Gasteiger partial charge in [-0.2, -0.15) is 22.7 Å². The van der Waals surface area contributed by atoms with E-state index in [1.165, 1.54) is 18.4 Å². The highest BCUT2D eigenvalue weighted by Gasteiger charge is 2.36. The van der Waals surface area contributed by atoms with E-state index in [9.17, 15) is 26.7 Å². The molecule has 12 heteroatoms. The van der Waals surface area contributed by atoms with Crippen LogP contribution < -0.4 is 5.32 Å². The molecular weight excluding hydrogens is 401 g/mol. The topological polar surface area (TPSA) is 85.3 Å². The molecule has 0 bridgehead atoms. The first-order chi connectivity index (χ1) is 13.7. The first-order valence-electron chi connectivity index (χ1n) is 7.87. The van der Waals surface area contributed by atoms with Crippen molar-refractivity contribution in [2.24, 2.45) is 0 Å². The van der Waals surface area contributed by atoms with E-state index in [4.69, 9.17) is 4.42 Å². The number of halogens is 5. The van der Waals surface area contributed by atoms with Crippen LogP contribution in [0.15, 0.2) is 47.1 Å². The van der Waals surface area contributed by atoms with Crippen LogP contribution in [-0.2, 0) is 6.18 Å². The van der Waals surface area contributed by atoms with Gasteiger partial charge in [-0.25, -0.2) is 13.8 Å². The van der Waals surface area contributed by atoms with Crippen LogP contribution >= 0.6 is 0 Å². The quantitative estimate of drug-likeness (QED) is 0.518. The van der Waals surface area contributed by atoms with Crippen LogP contribution in [0, 0.1) is 11.6 Å². The summed E-state index contributed by atoms with van der Waals surface area (Å²) in [5.74, 6) is -4.12. The fourth-order valence-corrected chi connectivity index (χ4v) is 2.49. The van der Waals surface area contributed by atoms with Crippen LogP contribution in [0.25, 0.3) is 17.2 Å². The molecule has 0 radical (unpaired) electrons. The van der Waals surface area contributed by atoms with Crippen molar-refractivity contribution in [1.29, 1.82) is 0 Å². The van der Waals surface area contributed by atoms with Gasteiger partial charge in [0, 0.05) is 6.07 Å². The Bertz CT molecular complexity index is 1220. The third kappa shape index (κ3) is 3.51. The molecule has 0 unspecified atom stereocenters. The SMILES string of the molecule is O=C(Nc1cc(F)ccc1F)c1nc2nc(-c3ccco3)cc(C(F)(F)F)n2n1. The molecule has 4 rings (SSSR count). The highest BCUT2D eigenvalue weighted by molar-refractivity contribution is 6.01. The Morgan fingerprint density at radius 1 is 1.10 bits per heavy atom. The Morgan fingerprint density at radius 2 is 1.90 bits per heavy atom. The number of alkyl halides is 3. The zero-order valence-electron chi connectivity index (χ0n) is 14.0. The van der Waals surface area contributed by atoms with Crippen LogP contribution in [0.1, 0.15) is 16.3 Å². The molecule has 1 amide bonds. The summed E-state index contributed by atoms with van der Waals surface area (Å²) in [7, 11) is 0. The van der Waals surface area contributed by atoms with E-state index >= 15 is 0 Å². The van der Waals surface area contributed by atoms with Gasteiger partial charge in [0.25, 0.3) is 11.7 Å². The molecule has 0 aliphatic heterocycles. The molecule has 0 spiro atoms. The first kappa shape index (κ1) is 18.5. The number of furan rings is 1. The Hall–Kier alpha value is -3.83. The van der Waals surface area contributed by atoms with Crippen LogP contribution in [0.2, 0.25) is 0 Å². The number of carbonyl (C=O) groups excluding carboxylic acids is 1. The van der Waals surface area contributed by atoms with Gasteiger partial charge in [0.2, 0.25) is 5.82 Å². The summed E-state index contributed by atoms with van der Waals surface area (Å²) in [5, 5.41) is 5.52. The third-order valence-corrected chi connectivity index (χ3v) is 3.76. The van der Waals surface area contributed by atoms with Crippen molar-refractivity contribution in [3.63, 3.8) is 0 Å². The summed E-state index contributed by atoms with van der Waals surface area (Å²) in [4.78, 5) is 19.8. The molecule has 1 aromatic carbocycles. The average molecular weight is 409 g/mol. The van der Waals surface area contributed by atoms with Crippen molar-refractivity contribution >= 4 is 17.4 Å². The highest BCUT2D eigenvalue weighted by atomic mass is 19.4. The summed E-state index contributed by atoms with van der Waals surface area (Å²) in [5.41, 5.74) is -1.95. The number of hydrogen-bond donors (Lipinski definition) is 1. The molecule has 0 fully saturated rings. The Balaban J connectivity index is 1.78. The maximum absolute atomic E-state index is 13.7. The number of amides is 1. The van der Waals surface area contributed by atoms with Gasteiger partial charge in [0.1, 0.15) is 17.3 Å². The molecule has 148 valence electrons. The minimum Gasteiger partial charge on any atom is -0.463 e. The molecule has 0 aliphatic carbocycles. The van der Waals surface area contributed by atoms with E-state index in [0.717, 1.165) is 12.1 Å². The Labute approximate surface area is 157 Å². The number of carbonyl (C=O) groups is 1. The monoisotopic (exact) mass is 409 g/mol. The highest BCUT2D eigenvalue weighted by Crippen LogP contribution is 2.32. The molecule has 4 aromatic rings. The van der Waals surface area contributed by atoms with Crippen LogP contribution in [-0.4, -0.2) is 25.5 Å². The Morgan fingerprint density at radius 3 is 2.59 bits per heavy atom. The molecule has 0 saturated heterocycles. The smallest absolute Gasteiger partial charge is 0.433 e. The van der Waals surface area contributed by atoms with Crippen molar-refractivity contribution in [3.05, 3.63) is 65.8 Å². The molecule has 7 nitrogen and oxygen atoms in total. The zero-order valence-corrected chi connectivity index (χ0v) is 14.0. The fourth-order valence-electron chi connectivity index (χ4n) is 2.49. The second-order valence-electron chi connectivity index (χ2n) is 5.73. The average Bonchev–Trinajstić information content (AvgIpc) is 3.32. The predicted octanol–water partition coefficient (Wildman–Crippen LogP) is 3.93. The van der Waals surface area contributed by atoms with Gasteiger partial charge >= 0.3 is 6.18 Å². The number of anilines is 1. The number of rotatable bonds is 3. The fraction of sp³-hybridized carbons (Fsp3) is 0.0588. The van der Waals surface area contributed by atoms with Gasteiger partial charge in [-0.1, -0.05) is 0 Å². The van der Waals surface area contributed by atoms with Crippen molar-refractivity contribution in [1.82, 2.24) is 19.6 Å². The van der Waals surface area contributed by atoms with E-state index < -0.39 is 46.7 Å². The molecule has 3 heterocycles. The minimum atomic E-state index is -4.85. The molecule has 29 heavy (non-hydrogen) atoms. The largest absolute Gasteiger partial charge is 0.463 e. The van der Waals surface area contributed by atoms with Gasteiger partial charge in [-0.15, -0.1) is 5.10 Å². The normalized spacial score (nSPS) is 11.8. The van der Waals surface area contributed by atoms with E-state index in [-0.39, 0.29) is 11.5 Å². The minimum absolute atomic E-state index is 0.0498. The van der Waals surface area contributed by atoms with Gasteiger partial charge in [-0.3, -0.25) is 4.79 Å². The zero-order chi connectivity index (χ0) is 20.8. The second-order valence-corrected chi connectivity index (χ2v) is 5.73. The van der Waals surface area contributed by atoms with E-state index in [1.807, 2.05) is 5.32 Å². The standard InChI is InChI=1S/C17H8F5N5O2/c18-8-3-4-9(19)10(6-8)23-15(28)14-25-16-24-11(12-2-1-5-29-12)7-13(17(20,21)22)27(16)26-14/h1-7H,(H,23,28). The van der Waals surface area contributed by atoms with Crippen molar-refractivity contribution in [2.45, 2.75) is 6.18 Å². The first-order valence-corrected chi connectivity index (χ1v) is 7.87. The van der Waals surface area contributed by atoms with Crippen molar-refractivity contribution in [2.75, 3.05) is 5.32 Å². The molecule has 1 N–H and O–H groups in total. The maximum Gasteiger partial charge on any atom is 0.433 e. The van der Waals surface area contributed by atoms with Crippen molar-refractivity contribution < 1.29 is 31.2 Å². The molecular formula is C17H8F5N5O2. The molecule has 0 saturated carbocycles. The number of fused-ring (bicyclic) bond motifs is 1. The lowest BCUT2D eigenvalue weighted by Gasteiger charge is -2.09. The van der Waals surface area contributed by atoms with Gasteiger partial charge in [0.05, 0.1) is 12.0 Å². The van der Waals surface area contributed by atoms with Crippen LogP contribution in [0.4, 0.5) is 27.6 Å². The second kappa shape index (κ2) is 6.65. The maximum atomic E-state index is 13.7. The lowest BCUT2D eigenvalue weighted by atomic mass is 10.2. The number of aromatic nitrogens is 4. The summed E-state index contributed by atoms with van der Waals surface area (Å²) in [6, 6.07) is 5.87. The van der Waals surface area contributed by atoms with Gasteiger partial charge in [0.15, 0.2) is 11.5 Å². The number of hydrogen-bond acceptors (Lipinski definition) is 5. The molecule has 0 atom stereocenters. The predicted molar refractivity (Wildman–Crippen MR) is 87.8 cm³/mol. The number of nitrogens with one attached hydrogen (secondary N) is 1. The lowest BCUT2D eigenvalue weighted by Crippen LogP contribution is -2.16. The van der Waals surface area contributed by atoms with Crippen LogP contribution in [0.5, 0.6) is 0 Å². The lowest BCUT2D eigenvalue weighted by molar-refractivity contribution is -0.142. The molecule has 3 aromatic heterocycles. The number of benzene rings is 1. The van der Waals surface area contributed by atoms with Gasteiger partial charge in [-0.05, 0) is 30.3 Å². The summed E-state index contributed by atoms with van der Waals surface area (Å²) in [6.45, 7) is 0. The van der Waals surface area contributed by atoms with Crippen LogP contribution in [0.3, 0.4) is 0 Å². The van der Waals surface area contributed by atoms with Crippen molar-refractivity contribution in [3.8, 4) is 11.5 Å². The summed E-state index contributed by atoms with van der Waals surface area (Å²) >= 11 is 0. The van der Waals surface area contributed by atoms with Gasteiger partial charge < -0.3 is 9.73 Å². The van der Waals surface area contributed by atoms with E-state index in [1.54, 1.807) is 0 Å². The molecule has 0 aliphatic rings. The van der Waals surface area contributed by atoms with E-state index in [2.05, 4.69) is 15.1 Å². The third-order valence-electron chi connectivity index (χ3n) is 3.76. The van der Waals surface area contributed by atoms with E-state index in [0.29, 0.717) is 16.6 Å². The number of nitrogens with zero attached hydrogens (tertiary/aromatic N) is 4. The summed E-state index contributed by atoms with van der Waals surface area (Å²) < 4.78 is 72.7.